The molecule has 1 N–H and O–H groups in total. The van der Waals surface area contributed by atoms with E-state index in [1.54, 1.807) is 6.92 Å². The number of anilines is 1. The Morgan fingerprint density at radius 3 is 2.65 bits per heavy atom. The molecule has 106 valence electrons. The molecule has 6 heteroatoms. The summed E-state index contributed by atoms with van der Waals surface area (Å²) in [7, 11) is 0. The van der Waals surface area contributed by atoms with Crippen LogP contribution in [0.2, 0.25) is 0 Å². The van der Waals surface area contributed by atoms with Gasteiger partial charge in [-0.1, -0.05) is 19.0 Å². The van der Waals surface area contributed by atoms with Crippen molar-refractivity contribution in [1.29, 1.82) is 0 Å². The Balaban J connectivity index is 2.31. The van der Waals surface area contributed by atoms with Gasteiger partial charge in [-0.25, -0.2) is 8.78 Å². The summed E-state index contributed by atoms with van der Waals surface area (Å²) in [6.45, 7) is 5.34. The van der Waals surface area contributed by atoms with Crippen molar-refractivity contribution in [2.75, 3.05) is 5.32 Å². The van der Waals surface area contributed by atoms with E-state index in [-0.39, 0.29) is 17.2 Å². The van der Waals surface area contributed by atoms with Crippen molar-refractivity contribution >= 4 is 11.6 Å². The molecule has 1 heterocycles. The summed E-state index contributed by atoms with van der Waals surface area (Å²) in [5.74, 6) is -1.67. The summed E-state index contributed by atoms with van der Waals surface area (Å²) >= 11 is 0. The van der Waals surface area contributed by atoms with Crippen molar-refractivity contribution < 1.29 is 18.1 Å². The smallest absolute Gasteiger partial charge is 0.261 e. The lowest BCUT2D eigenvalue weighted by Crippen LogP contribution is -2.15. The number of carbonyl (C=O) groups is 1. The second-order valence-corrected chi connectivity index (χ2v) is 4.74. The van der Waals surface area contributed by atoms with Gasteiger partial charge in [-0.2, -0.15) is 0 Å². The molecule has 0 aliphatic heterocycles. The van der Waals surface area contributed by atoms with E-state index in [0.717, 1.165) is 6.07 Å². The SMILES string of the molecule is Cc1noc(C(C)C)c1C(=O)Nc1ccc(F)cc1F. The lowest BCUT2D eigenvalue weighted by molar-refractivity contribution is 0.102. The van der Waals surface area contributed by atoms with Crippen LogP contribution in [0.5, 0.6) is 0 Å². The van der Waals surface area contributed by atoms with Gasteiger partial charge in [0.05, 0.1) is 11.4 Å². The third kappa shape index (κ3) is 2.68. The van der Waals surface area contributed by atoms with E-state index < -0.39 is 17.5 Å². The normalized spacial score (nSPS) is 10.9. The van der Waals surface area contributed by atoms with Crippen LogP contribution in [-0.2, 0) is 0 Å². The zero-order valence-electron chi connectivity index (χ0n) is 11.3. The lowest BCUT2D eigenvalue weighted by atomic mass is 10.0. The number of aryl methyl sites for hydroxylation is 1. The molecule has 0 aliphatic rings. The topological polar surface area (TPSA) is 55.1 Å². The minimum absolute atomic E-state index is 0.0324. The van der Waals surface area contributed by atoms with Crippen molar-refractivity contribution in [1.82, 2.24) is 5.16 Å². The highest BCUT2D eigenvalue weighted by Gasteiger charge is 2.23. The molecule has 0 bridgehead atoms. The van der Waals surface area contributed by atoms with Crippen LogP contribution in [0.25, 0.3) is 0 Å². The summed E-state index contributed by atoms with van der Waals surface area (Å²) in [6, 6.07) is 2.95. The number of hydrogen-bond acceptors (Lipinski definition) is 3. The zero-order chi connectivity index (χ0) is 14.9. The Morgan fingerprint density at radius 2 is 2.05 bits per heavy atom. The summed E-state index contributed by atoms with van der Waals surface area (Å²) in [5, 5.41) is 6.14. The first-order valence-electron chi connectivity index (χ1n) is 6.12. The molecule has 0 aliphatic carbocycles. The first kappa shape index (κ1) is 14.2. The maximum Gasteiger partial charge on any atom is 0.261 e. The van der Waals surface area contributed by atoms with Crippen LogP contribution in [0.1, 0.15) is 41.6 Å². The van der Waals surface area contributed by atoms with Gasteiger partial charge in [0.15, 0.2) is 5.76 Å². The molecule has 0 atom stereocenters. The third-order valence-electron chi connectivity index (χ3n) is 2.82. The molecule has 2 aromatic rings. The summed E-state index contributed by atoms with van der Waals surface area (Å²) < 4.78 is 31.4. The van der Waals surface area contributed by atoms with Gasteiger partial charge in [-0.05, 0) is 19.1 Å². The number of amides is 1. The van der Waals surface area contributed by atoms with E-state index in [9.17, 15) is 13.6 Å². The molecule has 0 radical (unpaired) electrons. The van der Waals surface area contributed by atoms with Gasteiger partial charge in [-0.3, -0.25) is 4.79 Å². The Labute approximate surface area is 114 Å². The maximum atomic E-state index is 13.5. The van der Waals surface area contributed by atoms with Gasteiger partial charge in [0, 0.05) is 12.0 Å². The number of rotatable bonds is 3. The molecule has 4 nitrogen and oxygen atoms in total. The number of benzene rings is 1. The largest absolute Gasteiger partial charge is 0.360 e. The van der Waals surface area contributed by atoms with Crippen molar-refractivity contribution in [3.8, 4) is 0 Å². The molecule has 1 aromatic heterocycles. The Bertz CT molecular complexity index is 651. The number of aromatic nitrogens is 1. The van der Waals surface area contributed by atoms with Crippen LogP contribution < -0.4 is 5.32 Å². The van der Waals surface area contributed by atoms with Crippen LogP contribution in [0.15, 0.2) is 22.7 Å². The Hall–Kier alpha value is -2.24. The van der Waals surface area contributed by atoms with E-state index in [1.807, 2.05) is 13.8 Å². The fourth-order valence-electron chi connectivity index (χ4n) is 1.83. The van der Waals surface area contributed by atoms with E-state index >= 15 is 0 Å². The number of nitrogens with zero attached hydrogens (tertiary/aromatic N) is 1. The first-order valence-corrected chi connectivity index (χ1v) is 6.12. The minimum Gasteiger partial charge on any atom is -0.360 e. The molecule has 1 aromatic carbocycles. The van der Waals surface area contributed by atoms with Crippen LogP contribution in [0, 0.1) is 18.6 Å². The summed E-state index contributed by atoms with van der Waals surface area (Å²) in [5.41, 5.74) is 0.615. The zero-order valence-corrected chi connectivity index (χ0v) is 11.3. The lowest BCUT2D eigenvalue weighted by Gasteiger charge is -2.08. The predicted octanol–water partition coefficient (Wildman–Crippen LogP) is 3.64. The standard InChI is InChI=1S/C14H14F2N2O2/c1-7(2)13-12(8(3)18-20-13)14(19)17-11-5-4-9(15)6-10(11)16/h4-7H,1-3H3,(H,17,19). The number of carbonyl (C=O) groups excluding carboxylic acids is 1. The molecule has 0 fully saturated rings. The predicted molar refractivity (Wildman–Crippen MR) is 69.6 cm³/mol. The van der Waals surface area contributed by atoms with Crippen LogP contribution >= 0.6 is 0 Å². The van der Waals surface area contributed by atoms with Gasteiger partial charge in [0.25, 0.3) is 5.91 Å². The van der Waals surface area contributed by atoms with Gasteiger partial charge in [-0.15, -0.1) is 0 Å². The number of nitrogens with one attached hydrogen (secondary N) is 1. The second kappa shape index (κ2) is 5.40. The van der Waals surface area contributed by atoms with Gasteiger partial charge >= 0.3 is 0 Å². The maximum absolute atomic E-state index is 13.5. The van der Waals surface area contributed by atoms with E-state index in [0.29, 0.717) is 17.5 Å². The highest BCUT2D eigenvalue weighted by molar-refractivity contribution is 6.05. The van der Waals surface area contributed by atoms with Crippen LogP contribution in [-0.4, -0.2) is 11.1 Å². The molecule has 20 heavy (non-hydrogen) atoms. The van der Waals surface area contributed by atoms with Crippen molar-refractivity contribution in [2.45, 2.75) is 26.7 Å². The Kier molecular flexibility index (Phi) is 3.83. The van der Waals surface area contributed by atoms with E-state index in [1.165, 1.54) is 6.07 Å². The third-order valence-corrected chi connectivity index (χ3v) is 2.82. The molecule has 0 saturated carbocycles. The Morgan fingerprint density at radius 1 is 1.35 bits per heavy atom. The molecular weight excluding hydrogens is 266 g/mol. The van der Waals surface area contributed by atoms with Crippen molar-refractivity contribution in [3.63, 3.8) is 0 Å². The number of hydrogen-bond donors (Lipinski definition) is 1. The van der Waals surface area contributed by atoms with Crippen molar-refractivity contribution in [3.05, 3.63) is 46.9 Å². The first-order chi connectivity index (χ1) is 9.40. The molecule has 2 rings (SSSR count). The fraction of sp³-hybridized carbons (Fsp3) is 0.286. The van der Waals surface area contributed by atoms with Gasteiger partial charge in [0.2, 0.25) is 0 Å². The van der Waals surface area contributed by atoms with Gasteiger partial charge in [0.1, 0.15) is 17.2 Å². The monoisotopic (exact) mass is 280 g/mol. The van der Waals surface area contributed by atoms with E-state index in [4.69, 9.17) is 4.52 Å². The van der Waals surface area contributed by atoms with Crippen LogP contribution in [0.4, 0.5) is 14.5 Å². The molecule has 0 unspecified atom stereocenters. The average Bonchev–Trinajstić information content (AvgIpc) is 2.75. The fourth-order valence-corrected chi connectivity index (χ4v) is 1.83. The molecule has 0 saturated heterocycles. The van der Waals surface area contributed by atoms with Gasteiger partial charge < -0.3 is 9.84 Å². The van der Waals surface area contributed by atoms with Crippen LogP contribution in [0.3, 0.4) is 0 Å². The average molecular weight is 280 g/mol. The van der Waals surface area contributed by atoms with E-state index in [2.05, 4.69) is 10.5 Å². The molecule has 1 amide bonds. The highest BCUT2D eigenvalue weighted by Crippen LogP contribution is 2.24. The highest BCUT2D eigenvalue weighted by atomic mass is 19.1. The summed E-state index contributed by atoms with van der Waals surface area (Å²) in [4.78, 5) is 12.2. The minimum atomic E-state index is -0.835. The summed E-state index contributed by atoms with van der Waals surface area (Å²) in [6.07, 6.45) is 0. The second-order valence-electron chi connectivity index (χ2n) is 4.74. The number of halogens is 2. The molecular formula is C14H14F2N2O2. The quantitative estimate of drug-likeness (QED) is 0.933. The van der Waals surface area contributed by atoms with Crippen molar-refractivity contribution in [2.24, 2.45) is 0 Å². The molecule has 0 spiro atoms.